The fraction of sp³-hybridized carbons (Fsp3) is 0.476. The van der Waals surface area contributed by atoms with Gasteiger partial charge in [0.25, 0.3) is 5.91 Å². The van der Waals surface area contributed by atoms with Crippen LogP contribution in [-0.2, 0) is 13.0 Å². The normalized spacial score (nSPS) is 13.1. The Morgan fingerprint density at radius 2 is 1.86 bits per heavy atom. The highest BCUT2D eigenvalue weighted by atomic mass is 16.5. The van der Waals surface area contributed by atoms with Gasteiger partial charge in [0.05, 0.1) is 14.2 Å². The van der Waals surface area contributed by atoms with E-state index in [2.05, 4.69) is 21.8 Å². The van der Waals surface area contributed by atoms with Crippen molar-refractivity contribution in [3.8, 4) is 11.5 Å². The summed E-state index contributed by atoms with van der Waals surface area (Å²) in [5, 5.41) is 0. The van der Waals surface area contributed by atoms with E-state index in [1.165, 1.54) is 11.9 Å². The average Bonchev–Trinajstić information content (AvgIpc) is 2.75. The van der Waals surface area contributed by atoms with Gasteiger partial charge < -0.3 is 19.3 Å². The van der Waals surface area contributed by atoms with Crippen molar-refractivity contribution in [3.05, 3.63) is 41.3 Å². The molecule has 0 unspecified atom stereocenters. The molecule has 0 saturated heterocycles. The van der Waals surface area contributed by atoms with E-state index in [0.717, 1.165) is 42.9 Å². The number of anilines is 1. The first-order valence-corrected chi connectivity index (χ1v) is 9.63. The van der Waals surface area contributed by atoms with E-state index in [1.54, 1.807) is 20.3 Å². The van der Waals surface area contributed by atoms with Crippen molar-refractivity contribution in [2.45, 2.75) is 32.7 Å². The molecule has 150 valence electrons. The number of methoxy groups -OCH3 is 2. The van der Waals surface area contributed by atoms with Crippen LogP contribution in [0.5, 0.6) is 11.5 Å². The number of rotatable bonds is 7. The van der Waals surface area contributed by atoms with Crippen molar-refractivity contribution < 1.29 is 14.3 Å². The Bertz CT molecular complexity index is 840. The Balaban J connectivity index is 1.78. The summed E-state index contributed by atoms with van der Waals surface area (Å²) >= 11 is 0. The summed E-state index contributed by atoms with van der Waals surface area (Å²) < 4.78 is 10.8. The van der Waals surface area contributed by atoms with Crippen molar-refractivity contribution in [3.63, 3.8) is 0 Å². The van der Waals surface area contributed by atoms with Crippen LogP contribution in [-0.4, -0.2) is 55.1 Å². The average molecular weight is 384 g/mol. The number of nitrogens with zero attached hydrogens (tertiary/aromatic N) is 4. The molecule has 0 spiro atoms. The molecule has 0 atom stereocenters. The topological polar surface area (TPSA) is 67.8 Å². The molecule has 1 aromatic carbocycles. The van der Waals surface area contributed by atoms with E-state index in [-0.39, 0.29) is 5.91 Å². The van der Waals surface area contributed by atoms with Crippen LogP contribution >= 0.6 is 0 Å². The lowest BCUT2D eigenvalue weighted by Gasteiger charge is -2.29. The number of fused-ring (bicyclic) bond motifs is 1. The molecule has 0 bridgehead atoms. The summed E-state index contributed by atoms with van der Waals surface area (Å²) in [7, 11) is 5.24. The Morgan fingerprint density at radius 1 is 1.14 bits per heavy atom. The van der Waals surface area contributed by atoms with Gasteiger partial charge in [-0.15, -0.1) is 0 Å². The highest BCUT2D eigenvalue weighted by Gasteiger charge is 2.25. The molecule has 2 heterocycles. The summed E-state index contributed by atoms with van der Waals surface area (Å²) in [5.74, 6) is 2.09. The fourth-order valence-corrected chi connectivity index (χ4v) is 3.40. The number of benzene rings is 1. The summed E-state index contributed by atoms with van der Waals surface area (Å²) in [6, 6.07) is 5.74. The molecule has 1 aliphatic heterocycles. The zero-order valence-corrected chi connectivity index (χ0v) is 17.1. The predicted molar refractivity (Wildman–Crippen MR) is 108 cm³/mol. The van der Waals surface area contributed by atoms with Crippen LogP contribution in [0.4, 0.5) is 5.82 Å². The van der Waals surface area contributed by atoms with Gasteiger partial charge in [0.2, 0.25) is 0 Å². The van der Waals surface area contributed by atoms with E-state index >= 15 is 0 Å². The number of carbonyl (C=O) groups excluding carboxylic acids is 1. The Kier molecular flexibility index (Phi) is 6.34. The molecule has 0 aliphatic carbocycles. The molecule has 0 radical (unpaired) electrons. The van der Waals surface area contributed by atoms with Crippen molar-refractivity contribution in [2.24, 2.45) is 0 Å². The lowest BCUT2D eigenvalue weighted by Crippen LogP contribution is -2.36. The first-order valence-electron chi connectivity index (χ1n) is 9.63. The van der Waals surface area contributed by atoms with Crippen molar-refractivity contribution in [2.75, 3.05) is 39.3 Å². The minimum absolute atomic E-state index is 0.0759. The molecule has 7 heteroatoms. The fourth-order valence-electron chi connectivity index (χ4n) is 3.40. The molecule has 7 nitrogen and oxygen atoms in total. The number of hydrogen-bond acceptors (Lipinski definition) is 6. The molecular formula is C21H28N4O3. The van der Waals surface area contributed by atoms with Gasteiger partial charge in [0, 0.05) is 32.7 Å². The van der Waals surface area contributed by atoms with Gasteiger partial charge in [-0.1, -0.05) is 13.3 Å². The Hall–Kier alpha value is -2.83. The van der Waals surface area contributed by atoms with Crippen LogP contribution in [0.2, 0.25) is 0 Å². The van der Waals surface area contributed by atoms with Crippen LogP contribution < -0.4 is 14.4 Å². The minimum Gasteiger partial charge on any atom is -0.493 e. The van der Waals surface area contributed by atoms with Crippen LogP contribution in [0, 0.1) is 0 Å². The molecule has 2 aromatic rings. The second-order valence-electron chi connectivity index (χ2n) is 6.99. The molecule has 1 aromatic heterocycles. The molecular weight excluding hydrogens is 356 g/mol. The van der Waals surface area contributed by atoms with Gasteiger partial charge in [-0.2, -0.15) is 0 Å². The Morgan fingerprint density at radius 3 is 2.54 bits per heavy atom. The third-order valence-corrected chi connectivity index (χ3v) is 5.12. The lowest BCUT2D eigenvalue weighted by atomic mass is 9.98. The van der Waals surface area contributed by atoms with Crippen LogP contribution in [0.15, 0.2) is 24.5 Å². The number of amides is 1. The minimum atomic E-state index is -0.0759. The van der Waals surface area contributed by atoms with Gasteiger partial charge >= 0.3 is 0 Å². The number of aromatic nitrogens is 2. The van der Waals surface area contributed by atoms with Crippen molar-refractivity contribution in [1.29, 1.82) is 0 Å². The van der Waals surface area contributed by atoms with Crippen molar-refractivity contribution in [1.82, 2.24) is 14.9 Å². The van der Waals surface area contributed by atoms with E-state index < -0.39 is 0 Å². The number of hydrogen-bond donors (Lipinski definition) is 0. The predicted octanol–water partition coefficient (Wildman–Crippen LogP) is 2.93. The summed E-state index contributed by atoms with van der Waals surface area (Å²) in [6.45, 7) is 4.23. The van der Waals surface area contributed by atoms with Gasteiger partial charge in [-0.3, -0.25) is 4.79 Å². The molecule has 1 aliphatic rings. The largest absolute Gasteiger partial charge is 0.493 e. The SMILES string of the molecule is CCCCN(C)c1cc(C(=O)N2CCc3cc(OC)c(OC)cc3C2)ncn1. The van der Waals surface area contributed by atoms with Crippen molar-refractivity contribution >= 4 is 11.7 Å². The summed E-state index contributed by atoms with van der Waals surface area (Å²) in [6.07, 6.45) is 4.44. The van der Waals surface area contributed by atoms with E-state index in [4.69, 9.17) is 9.47 Å². The smallest absolute Gasteiger partial charge is 0.272 e. The number of ether oxygens (including phenoxy) is 2. The molecule has 1 amide bonds. The third kappa shape index (κ3) is 4.18. The summed E-state index contributed by atoms with van der Waals surface area (Å²) in [5.41, 5.74) is 2.69. The lowest BCUT2D eigenvalue weighted by molar-refractivity contribution is 0.0728. The number of carbonyl (C=O) groups is 1. The van der Waals surface area contributed by atoms with Crippen LogP contribution in [0.25, 0.3) is 0 Å². The molecule has 0 N–H and O–H groups in total. The third-order valence-electron chi connectivity index (χ3n) is 5.12. The molecule has 0 fully saturated rings. The van der Waals surface area contributed by atoms with Gasteiger partial charge in [-0.25, -0.2) is 9.97 Å². The monoisotopic (exact) mass is 384 g/mol. The van der Waals surface area contributed by atoms with Gasteiger partial charge in [0.15, 0.2) is 11.5 Å². The zero-order valence-electron chi connectivity index (χ0n) is 17.1. The highest BCUT2D eigenvalue weighted by Crippen LogP contribution is 2.33. The second kappa shape index (κ2) is 8.91. The Labute approximate surface area is 166 Å². The van der Waals surface area contributed by atoms with Gasteiger partial charge in [0.1, 0.15) is 17.8 Å². The second-order valence-corrected chi connectivity index (χ2v) is 6.99. The maximum absolute atomic E-state index is 13.0. The van der Waals surface area contributed by atoms with Gasteiger partial charge in [-0.05, 0) is 36.1 Å². The standard InChI is InChI=1S/C21H28N4O3/c1-5-6-8-24(2)20-12-17(22-14-23-20)21(26)25-9-7-15-10-18(27-3)19(28-4)11-16(15)13-25/h10-12,14H,5-9,13H2,1-4H3. The molecule has 3 rings (SSSR count). The summed E-state index contributed by atoms with van der Waals surface area (Å²) in [4.78, 5) is 25.5. The van der Waals surface area contributed by atoms with Crippen LogP contribution in [0.1, 0.15) is 41.4 Å². The first kappa shape index (κ1) is 19.9. The maximum Gasteiger partial charge on any atom is 0.272 e. The maximum atomic E-state index is 13.0. The van der Waals surface area contributed by atoms with E-state index in [1.807, 2.05) is 24.1 Å². The zero-order chi connectivity index (χ0) is 20.1. The van der Waals surface area contributed by atoms with Crippen LogP contribution in [0.3, 0.4) is 0 Å². The molecule has 28 heavy (non-hydrogen) atoms. The van der Waals surface area contributed by atoms with E-state index in [0.29, 0.717) is 24.5 Å². The highest BCUT2D eigenvalue weighted by molar-refractivity contribution is 5.93. The molecule has 0 saturated carbocycles. The first-order chi connectivity index (χ1) is 13.6. The number of unbranched alkanes of at least 4 members (excludes halogenated alkanes) is 1. The quantitative estimate of drug-likeness (QED) is 0.731. The van der Waals surface area contributed by atoms with E-state index in [9.17, 15) is 4.79 Å².